The number of benzene rings is 2. The highest BCUT2D eigenvalue weighted by Gasteiger charge is 2.21. The number of para-hydroxylation sites is 1. The third-order valence-corrected chi connectivity index (χ3v) is 4.40. The van der Waals surface area contributed by atoms with Crippen LogP contribution in [0.2, 0.25) is 0 Å². The summed E-state index contributed by atoms with van der Waals surface area (Å²) in [5.74, 6) is 0. The van der Waals surface area contributed by atoms with E-state index in [1.54, 1.807) is 0 Å². The van der Waals surface area contributed by atoms with Crippen LogP contribution in [-0.2, 0) is 0 Å². The van der Waals surface area contributed by atoms with Crippen LogP contribution in [-0.4, -0.2) is 31.1 Å². The molecule has 0 aromatic heterocycles. The molecule has 0 spiro atoms. The molecule has 2 N–H and O–H groups in total. The maximum Gasteiger partial charge on any atom is 0.0367 e. The fourth-order valence-corrected chi connectivity index (χ4v) is 2.99. The fourth-order valence-electron chi connectivity index (χ4n) is 2.99. The minimum absolute atomic E-state index is 0.448. The molecule has 1 fully saturated rings. The Hall–Kier alpha value is -2.00. The van der Waals surface area contributed by atoms with E-state index in [0.717, 1.165) is 31.9 Å². The summed E-state index contributed by atoms with van der Waals surface area (Å²) in [5, 5.41) is 0. The van der Waals surface area contributed by atoms with Crippen molar-refractivity contribution in [1.82, 2.24) is 4.90 Å². The molecule has 1 aliphatic rings. The van der Waals surface area contributed by atoms with Crippen LogP contribution in [0, 0.1) is 0 Å². The molecule has 0 saturated carbocycles. The lowest BCUT2D eigenvalue weighted by Crippen LogP contribution is -2.47. The van der Waals surface area contributed by atoms with Crippen LogP contribution in [0.3, 0.4) is 0 Å². The normalized spacial score (nSPS) is 17.7. The zero-order chi connectivity index (χ0) is 14.7. The SMILES string of the molecule is CC(c1ccc(N)cc1)N1CCN(c2ccccc2)CC1. The lowest BCUT2D eigenvalue weighted by molar-refractivity contribution is 0.198. The van der Waals surface area contributed by atoms with Gasteiger partial charge in [-0.1, -0.05) is 30.3 Å². The van der Waals surface area contributed by atoms with Crippen LogP contribution < -0.4 is 10.6 Å². The molecule has 2 aromatic carbocycles. The van der Waals surface area contributed by atoms with Crippen molar-refractivity contribution < 1.29 is 0 Å². The topological polar surface area (TPSA) is 32.5 Å². The molecule has 3 nitrogen and oxygen atoms in total. The molecule has 21 heavy (non-hydrogen) atoms. The van der Waals surface area contributed by atoms with E-state index < -0.39 is 0 Å². The summed E-state index contributed by atoms with van der Waals surface area (Å²) in [6.07, 6.45) is 0. The monoisotopic (exact) mass is 281 g/mol. The summed E-state index contributed by atoms with van der Waals surface area (Å²) in [6.45, 7) is 6.65. The largest absolute Gasteiger partial charge is 0.399 e. The van der Waals surface area contributed by atoms with Crippen molar-refractivity contribution in [3.05, 3.63) is 60.2 Å². The van der Waals surface area contributed by atoms with E-state index in [2.05, 4.69) is 59.2 Å². The van der Waals surface area contributed by atoms with Gasteiger partial charge in [-0.15, -0.1) is 0 Å². The van der Waals surface area contributed by atoms with Gasteiger partial charge in [0.1, 0.15) is 0 Å². The minimum Gasteiger partial charge on any atom is -0.399 e. The smallest absolute Gasteiger partial charge is 0.0367 e. The number of rotatable bonds is 3. The molecule has 1 unspecified atom stereocenters. The summed E-state index contributed by atoms with van der Waals surface area (Å²) < 4.78 is 0. The van der Waals surface area contributed by atoms with Gasteiger partial charge in [0.2, 0.25) is 0 Å². The zero-order valence-electron chi connectivity index (χ0n) is 12.6. The second-order valence-electron chi connectivity index (χ2n) is 5.70. The number of nitrogens with zero attached hydrogens (tertiary/aromatic N) is 2. The van der Waals surface area contributed by atoms with E-state index in [1.807, 2.05) is 12.1 Å². The maximum atomic E-state index is 5.77. The Kier molecular flexibility index (Phi) is 4.11. The summed E-state index contributed by atoms with van der Waals surface area (Å²) >= 11 is 0. The summed E-state index contributed by atoms with van der Waals surface area (Å²) in [7, 11) is 0. The van der Waals surface area contributed by atoms with Crippen molar-refractivity contribution in [1.29, 1.82) is 0 Å². The van der Waals surface area contributed by atoms with Crippen molar-refractivity contribution >= 4 is 11.4 Å². The first-order chi connectivity index (χ1) is 10.2. The van der Waals surface area contributed by atoms with Gasteiger partial charge >= 0.3 is 0 Å². The van der Waals surface area contributed by atoms with Gasteiger partial charge in [-0.05, 0) is 36.8 Å². The molecule has 1 saturated heterocycles. The second kappa shape index (κ2) is 6.19. The molecule has 2 aromatic rings. The van der Waals surface area contributed by atoms with E-state index in [0.29, 0.717) is 6.04 Å². The minimum atomic E-state index is 0.448. The summed E-state index contributed by atoms with van der Waals surface area (Å²) in [6, 6.07) is 19.4. The highest BCUT2D eigenvalue weighted by molar-refractivity contribution is 5.46. The fraction of sp³-hybridized carbons (Fsp3) is 0.333. The lowest BCUT2D eigenvalue weighted by atomic mass is 10.1. The average molecular weight is 281 g/mol. The third-order valence-electron chi connectivity index (χ3n) is 4.40. The van der Waals surface area contributed by atoms with E-state index in [-0.39, 0.29) is 0 Å². The van der Waals surface area contributed by atoms with Crippen LogP contribution >= 0.6 is 0 Å². The van der Waals surface area contributed by atoms with E-state index in [9.17, 15) is 0 Å². The molecule has 3 heteroatoms. The predicted molar refractivity (Wildman–Crippen MR) is 89.5 cm³/mol. The van der Waals surface area contributed by atoms with Crippen molar-refractivity contribution in [2.24, 2.45) is 0 Å². The number of hydrogen-bond donors (Lipinski definition) is 1. The molecule has 1 atom stereocenters. The number of nitrogen functional groups attached to an aromatic ring is 1. The summed E-state index contributed by atoms with van der Waals surface area (Å²) in [5.41, 5.74) is 9.28. The Bertz CT molecular complexity index is 557. The van der Waals surface area contributed by atoms with Gasteiger partial charge < -0.3 is 10.6 Å². The third kappa shape index (κ3) is 3.19. The van der Waals surface area contributed by atoms with Crippen LogP contribution in [0.15, 0.2) is 54.6 Å². The van der Waals surface area contributed by atoms with Gasteiger partial charge in [-0.2, -0.15) is 0 Å². The molecule has 3 rings (SSSR count). The van der Waals surface area contributed by atoms with E-state index in [1.165, 1.54) is 11.3 Å². The van der Waals surface area contributed by atoms with Gasteiger partial charge in [0.05, 0.1) is 0 Å². The molecule has 1 aliphatic heterocycles. The molecule has 0 radical (unpaired) electrons. The number of anilines is 2. The molecular formula is C18H23N3. The first-order valence-electron chi connectivity index (χ1n) is 7.63. The number of piperazine rings is 1. The molecule has 110 valence electrons. The zero-order valence-corrected chi connectivity index (χ0v) is 12.6. The standard InChI is InChI=1S/C18H23N3/c1-15(16-7-9-17(19)10-8-16)20-11-13-21(14-12-20)18-5-3-2-4-6-18/h2-10,15H,11-14,19H2,1H3. The first kappa shape index (κ1) is 14.0. The van der Waals surface area contributed by atoms with E-state index >= 15 is 0 Å². The Balaban J connectivity index is 1.61. The van der Waals surface area contributed by atoms with Crippen LogP contribution in [0.5, 0.6) is 0 Å². The highest BCUT2D eigenvalue weighted by Crippen LogP contribution is 2.24. The molecular weight excluding hydrogens is 258 g/mol. The van der Waals surface area contributed by atoms with Crippen molar-refractivity contribution in [2.45, 2.75) is 13.0 Å². The molecule has 1 heterocycles. The Morgan fingerprint density at radius 3 is 2.10 bits per heavy atom. The molecule has 0 amide bonds. The van der Waals surface area contributed by atoms with Gasteiger partial charge in [-0.25, -0.2) is 0 Å². The van der Waals surface area contributed by atoms with Gasteiger partial charge in [-0.3, -0.25) is 4.90 Å². The van der Waals surface area contributed by atoms with Crippen LogP contribution in [0.1, 0.15) is 18.5 Å². The van der Waals surface area contributed by atoms with Gasteiger partial charge in [0, 0.05) is 43.6 Å². The molecule has 0 bridgehead atoms. The Morgan fingerprint density at radius 1 is 0.857 bits per heavy atom. The predicted octanol–water partition coefficient (Wildman–Crippen LogP) is 3.15. The average Bonchev–Trinajstić information content (AvgIpc) is 2.56. The van der Waals surface area contributed by atoms with Crippen molar-refractivity contribution in [2.75, 3.05) is 36.8 Å². The summed E-state index contributed by atoms with van der Waals surface area (Å²) in [4.78, 5) is 5.01. The van der Waals surface area contributed by atoms with E-state index in [4.69, 9.17) is 5.73 Å². The lowest BCUT2D eigenvalue weighted by Gasteiger charge is -2.39. The van der Waals surface area contributed by atoms with Crippen LogP contribution in [0.4, 0.5) is 11.4 Å². The molecule has 0 aliphatic carbocycles. The maximum absolute atomic E-state index is 5.77. The van der Waals surface area contributed by atoms with Gasteiger partial charge in [0.25, 0.3) is 0 Å². The Labute approximate surface area is 127 Å². The number of nitrogens with two attached hydrogens (primary N) is 1. The van der Waals surface area contributed by atoms with Crippen molar-refractivity contribution in [3.8, 4) is 0 Å². The van der Waals surface area contributed by atoms with Crippen molar-refractivity contribution in [3.63, 3.8) is 0 Å². The highest BCUT2D eigenvalue weighted by atomic mass is 15.3. The van der Waals surface area contributed by atoms with Gasteiger partial charge in [0.15, 0.2) is 0 Å². The quantitative estimate of drug-likeness (QED) is 0.877. The Morgan fingerprint density at radius 2 is 1.48 bits per heavy atom. The first-order valence-corrected chi connectivity index (χ1v) is 7.63. The second-order valence-corrected chi connectivity index (χ2v) is 5.70. The van der Waals surface area contributed by atoms with Crippen LogP contribution in [0.25, 0.3) is 0 Å². The number of hydrogen-bond acceptors (Lipinski definition) is 3.